The third-order valence-electron chi connectivity index (χ3n) is 3.97. The van der Waals surface area contributed by atoms with Crippen molar-refractivity contribution in [2.24, 2.45) is 0 Å². The molecule has 0 bridgehead atoms. The van der Waals surface area contributed by atoms with Crippen LogP contribution in [0.5, 0.6) is 0 Å². The topological polar surface area (TPSA) is 38.8 Å². The Balaban J connectivity index is 1.83. The predicted octanol–water partition coefficient (Wildman–Crippen LogP) is 2.13. The van der Waals surface area contributed by atoms with Crippen molar-refractivity contribution in [2.45, 2.75) is 43.9 Å². The van der Waals surface area contributed by atoms with E-state index in [9.17, 15) is 18.0 Å². The Bertz CT molecular complexity index is 334. The van der Waals surface area contributed by atoms with Crippen LogP contribution < -0.4 is 0 Å². The summed E-state index contributed by atoms with van der Waals surface area (Å²) < 4.78 is 49.2. The molecule has 20 heavy (non-hydrogen) atoms. The average Bonchev–Trinajstić information content (AvgIpc) is 2.87. The molecule has 0 N–H and O–H groups in total. The van der Waals surface area contributed by atoms with Crippen molar-refractivity contribution in [2.75, 3.05) is 32.8 Å². The van der Waals surface area contributed by atoms with E-state index in [4.69, 9.17) is 9.47 Å². The molecule has 7 heteroatoms. The second kappa shape index (κ2) is 6.30. The molecule has 1 aliphatic carbocycles. The van der Waals surface area contributed by atoms with Gasteiger partial charge < -0.3 is 9.47 Å². The number of esters is 1. The van der Waals surface area contributed by atoms with Crippen molar-refractivity contribution in [3.8, 4) is 0 Å². The largest absolute Gasteiger partial charge is 0.449 e. The number of hydrogen-bond donors (Lipinski definition) is 0. The summed E-state index contributed by atoms with van der Waals surface area (Å²) in [5.41, 5.74) is -2.24. The molecule has 4 nitrogen and oxygen atoms in total. The van der Waals surface area contributed by atoms with Crippen LogP contribution in [-0.2, 0) is 14.3 Å². The van der Waals surface area contributed by atoms with Gasteiger partial charge >= 0.3 is 12.1 Å². The van der Waals surface area contributed by atoms with Gasteiger partial charge in [0.05, 0.1) is 19.6 Å². The summed E-state index contributed by atoms with van der Waals surface area (Å²) >= 11 is 0. The van der Waals surface area contributed by atoms with Gasteiger partial charge in [0, 0.05) is 19.6 Å². The monoisotopic (exact) mass is 295 g/mol. The van der Waals surface area contributed by atoms with E-state index in [1.807, 2.05) is 4.90 Å². The normalized spacial score (nSPS) is 23.8. The van der Waals surface area contributed by atoms with Crippen LogP contribution in [0.25, 0.3) is 0 Å². The van der Waals surface area contributed by atoms with Gasteiger partial charge in [0.1, 0.15) is 0 Å². The number of carbonyl (C=O) groups is 1. The minimum Gasteiger partial charge on any atom is -0.449 e. The van der Waals surface area contributed by atoms with Crippen molar-refractivity contribution in [3.63, 3.8) is 0 Å². The predicted molar refractivity (Wildman–Crippen MR) is 65.2 cm³/mol. The Kier molecular flexibility index (Phi) is 4.90. The molecule has 0 unspecified atom stereocenters. The highest BCUT2D eigenvalue weighted by Gasteiger charge is 2.59. The number of rotatable bonds is 4. The summed E-state index contributed by atoms with van der Waals surface area (Å²) in [6.45, 7) is 3.04. The summed E-state index contributed by atoms with van der Waals surface area (Å²) in [5, 5.41) is 0. The van der Waals surface area contributed by atoms with Crippen LogP contribution in [0.2, 0.25) is 0 Å². The summed E-state index contributed by atoms with van der Waals surface area (Å²) in [6.07, 6.45) is -3.79. The van der Waals surface area contributed by atoms with Gasteiger partial charge in [-0.05, 0) is 25.7 Å². The van der Waals surface area contributed by atoms with Gasteiger partial charge in [-0.2, -0.15) is 13.2 Å². The lowest BCUT2D eigenvalue weighted by Crippen LogP contribution is -2.47. The second-order valence-corrected chi connectivity index (χ2v) is 5.38. The fourth-order valence-electron chi connectivity index (χ4n) is 2.73. The average molecular weight is 295 g/mol. The molecule has 1 saturated carbocycles. The highest BCUT2D eigenvalue weighted by molar-refractivity contribution is 5.70. The minimum atomic E-state index is -4.47. The molecular weight excluding hydrogens is 275 g/mol. The molecule has 1 heterocycles. The van der Waals surface area contributed by atoms with Crippen molar-refractivity contribution in [3.05, 3.63) is 0 Å². The number of alkyl halides is 3. The summed E-state index contributed by atoms with van der Waals surface area (Å²) in [4.78, 5) is 13.7. The molecule has 0 aromatic rings. The highest BCUT2D eigenvalue weighted by atomic mass is 19.4. The van der Waals surface area contributed by atoms with Gasteiger partial charge in [-0.25, -0.2) is 0 Å². The molecule has 0 spiro atoms. The van der Waals surface area contributed by atoms with Crippen molar-refractivity contribution >= 4 is 5.97 Å². The van der Waals surface area contributed by atoms with Crippen LogP contribution in [0.15, 0.2) is 0 Å². The Labute approximate surface area is 116 Å². The van der Waals surface area contributed by atoms with E-state index < -0.39 is 17.7 Å². The molecule has 0 amide bonds. The zero-order valence-corrected chi connectivity index (χ0v) is 11.4. The quantitative estimate of drug-likeness (QED) is 0.745. The van der Waals surface area contributed by atoms with E-state index in [1.165, 1.54) is 0 Å². The fraction of sp³-hybridized carbons (Fsp3) is 0.923. The zero-order valence-electron chi connectivity index (χ0n) is 11.4. The number of nitrogens with zero attached hydrogens (tertiary/aromatic N) is 1. The third kappa shape index (κ3) is 3.63. The van der Waals surface area contributed by atoms with Gasteiger partial charge in [0.2, 0.25) is 5.60 Å². The van der Waals surface area contributed by atoms with E-state index in [0.29, 0.717) is 45.7 Å². The SMILES string of the molecule is O=C(CCN1CCOCC1)OC1(C(F)(F)F)CCCC1. The lowest BCUT2D eigenvalue weighted by molar-refractivity contribution is -0.268. The number of halogens is 3. The molecular formula is C13H20F3NO3. The van der Waals surface area contributed by atoms with Gasteiger partial charge in [0.15, 0.2) is 0 Å². The van der Waals surface area contributed by atoms with Crippen LogP contribution in [0.4, 0.5) is 13.2 Å². The second-order valence-electron chi connectivity index (χ2n) is 5.38. The van der Waals surface area contributed by atoms with E-state index in [-0.39, 0.29) is 19.3 Å². The van der Waals surface area contributed by atoms with Crippen molar-refractivity contribution < 1.29 is 27.4 Å². The number of ether oxygens (including phenoxy) is 2. The molecule has 1 saturated heterocycles. The Morgan fingerprint density at radius 2 is 1.80 bits per heavy atom. The number of morpholine rings is 1. The maximum absolute atomic E-state index is 13.1. The van der Waals surface area contributed by atoms with Crippen LogP contribution in [0.1, 0.15) is 32.1 Å². The molecule has 0 aromatic carbocycles. The van der Waals surface area contributed by atoms with Gasteiger partial charge in [-0.1, -0.05) is 0 Å². The van der Waals surface area contributed by atoms with Crippen LogP contribution in [0, 0.1) is 0 Å². The van der Waals surface area contributed by atoms with Gasteiger partial charge in [0.25, 0.3) is 0 Å². The standard InChI is InChI=1S/C13H20F3NO3/c14-13(15,16)12(4-1-2-5-12)20-11(18)3-6-17-7-9-19-10-8-17/h1-10H2. The van der Waals surface area contributed by atoms with Crippen LogP contribution >= 0.6 is 0 Å². The zero-order chi connectivity index (χ0) is 14.6. The third-order valence-corrected chi connectivity index (χ3v) is 3.97. The van der Waals surface area contributed by atoms with E-state index >= 15 is 0 Å². The minimum absolute atomic E-state index is 0.00215. The molecule has 2 aliphatic rings. The maximum Gasteiger partial charge on any atom is 0.428 e. The Morgan fingerprint density at radius 1 is 1.20 bits per heavy atom. The first kappa shape index (κ1) is 15.6. The summed E-state index contributed by atoms with van der Waals surface area (Å²) in [7, 11) is 0. The van der Waals surface area contributed by atoms with E-state index in [0.717, 1.165) is 0 Å². The number of carbonyl (C=O) groups excluding carboxylic acids is 1. The maximum atomic E-state index is 13.1. The first-order chi connectivity index (χ1) is 9.43. The van der Waals surface area contributed by atoms with Crippen LogP contribution in [-0.4, -0.2) is 55.5 Å². The smallest absolute Gasteiger partial charge is 0.428 e. The Morgan fingerprint density at radius 3 is 2.35 bits per heavy atom. The lowest BCUT2D eigenvalue weighted by Gasteiger charge is -2.32. The molecule has 0 radical (unpaired) electrons. The molecule has 2 rings (SSSR count). The molecule has 1 aliphatic heterocycles. The molecule has 2 fully saturated rings. The lowest BCUT2D eigenvalue weighted by atomic mass is 10.0. The first-order valence-electron chi connectivity index (χ1n) is 7.02. The van der Waals surface area contributed by atoms with Gasteiger partial charge in [-0.15, -0.1) is 0 Å². The van der Waals surface area contributed by atoms with Crippen molar-refractivity contribution in [1.82, 2.24) is 4.90 Å². The van der Waals surface area contributed by atoms with E-state index in [2.05, 4.69) is 0 Å². The summed E-state index contributed by atoms with van der Waals surface area (Å²) in [5.74, 6) is -0.754. The molecule has 116 valence electrons. The Hall–Kier alpha value is -0.820. The summed E-state index contributed by atoms with van der Waals surface area (Å²) in [6, 6.07) is 0. The molecule has 0 atom stereocenters. The van der Waals surface area contributed by atoms with Gasteiger partial charge in [-0.3, -0.25) is 9.69 Å². The highest BCUT2D eigenvalue weighted by Crippen LogP contribution is 2.45. The number of hydrogen-bond acceptors (Lipinski definition) is 4. The fourth-order valence-corrected chi connectivity index (χ4v) is 2.73. The van der Waals surface area contributed by atoms with Crippen LogP contribution in [0.3, 0.4) is 0 Å². The molecule has 0 aromatic heterocycles. The van der Waals surface area contributed by atoms with Crippen molar-refractivity contribution in [1.29, 1.82) is 0 Å². The van der Waals surface area contributed by atoms with E-state index in [1.54, 1.807) is 0 Å². The first-order valence-corrected chi connectivity index (χ1v) is 7.02.